The number of carboxylic acids is 2. The third-order valence-electron chi connectivity index (χ3n) is 5.48. The zero-order chi connectivity index (χ0) is 18.0. The molecule has 1 saturated carbocycles. The van der Waals surface area contributed by atoms with Crippen molar-refractivity contribution in [2.45, 2.75) is 90.9 Å². The Balaban J connectivity index is 3.11. The van der Waals surface area contributed by atoms with Gasteiger partial charge < -0.3 is 10.2 Å². The lowest BCUT2D eigenvalue weighted by Crippen LogP contribution is -2.42. The lowest BCUT2D eigenvalue weighted by Gasteiger charge is -2.36. The number of aliphatic carboxylic acids is 2. The second-order valence-corrected chi connectivity index (χ2v) is 7.13. The van der Waals surface area contributed by atoms with Crippen molar-refractivity contribution >= 4 is 11.9 Å². The maximum absolute atomic E-state index is 12.3. The Labute approximate surface area is 146 Å². The van der Waals surface area contributed by atoms with Crippen LogP contribution in [0.25, 0.3) is 0 Å². The standard InChI is InChI=1S/C20H34O4/c1-3-5-7-8-9-14-17(18(21)22)20(19(23)24,15-6-4-2)16-12-10-11-13-16/h14,16H,3-13,15H2,1-2H3,(H,21,22)(H,23,24). The number of unbranched alkanes of at least 4 members (excludes halogenated alkanes) is 5. The summed E-state index contributed by atoms with van der Waals surface area (Å²) in [5, 5.41) is 19.9. The molecule has 0 heterocycles. The van der Waals surface area contributed by atoms with E-state index in [0.29, 0.717) is 12.8 Å². The van der Waals surface area contributed by atoms with E-state index in [1.807, 2.05) is 6.92 Å². The third-order valence-corrected chi connectivity index (χ3v) is 5.48. The summed E-state index contributed by atoms with van der Waals surface area (Å²) < 4.78 is 0. The van der Waals surface area contributed by atoms with Gasteiger partial charge in [-0.1, -0.05) is 64.9 Å². The summed E-state index contributed by atoms with van der Waals surface area (Å²) in [5.74, 6) is -2.03. The lowest BCUT2D eigenvalue weighted by molar-refractivity contribution is -0.154. The Morgan fingerprint density at radius 3 is 2.12 bits per heavy atom. The number of carbonyl (C=O) groups is 2. The van der Waals surface area contributed by atoms with Crippen molar-refractivity contribution in [3.05, 3.63) is 11.6 Å². The van der Waals surface area contributed by atoms with E-state index in [1.165, 1.54) is 0 Å². The summed E-state index contributed by atoms with van der Waals surface area (Å²) in [5.41, 5.74) is -1.06. The molecule has 1 rings (SSSR count). The van der Waals surface area contributed by atoms with Gasteiger partial charge in [-0.3, -0.25) is 4.79 Å². The van der Waals surface area contributed by atoms with E-state index in [2.05, 4.69) is 6.92 Å². The van der Waals surface area contributed by atoms with Crippen LogP contribution >= 0.6 is 0 Å². The highest BCUT2D eigenvalue weighted by Crippen LogP contribution is 2.49. The van der Waals surface area contributed by atoms with E-state index in [1.54, 1.807) is 6.08 Å². The average molecular weight is 338 g/mol. The Morgan fingerprint density at radius 1 is 1.00 bits per heavy atom. The molecule has 0 aliphatic heterocycles. The topological polar surface area (TPSA) is 74.6 Å². The van der Waals surface area contributed by atoms with Gasteiger partial charge in [-0.05, 0) is 38.0 Å². The molecule has 4 heteroatoms. The van der Waals surface area contributed by atoms with E-state index < -0.39 is 17.4 Å². The fourth-order valence-corrected chi connectivity index (χ4v) is 4.11. The smallest absolute Gasteiger partial charge is 0.332 e. The molecule has 1 aliphatic rings. The summed E-state index contributed by atoms with van der Waals surface area (Å²) in [6.07, 6.45) is 12.4. The van der Waals surface area contributed by atoms with Crippen LogP contribution in [0.5, 0.6) is 0 Å². The molecule has 0 aromatic carbocycles. The van der Waals surface area contributed by atoms with E-state index in [9.17, 15) is 19.8 Å². The number of allylic oxidation sites excluding steroid dienone is 1. The predicted molar refractivity (Wildman–Crippen MR) is 96.0 cm³/mol. The first-order chi connectivity index (χ1) is 11.5. The first-order valence-corrected chi connectivity index (χ1v) is 9.68. The second kappa shape index (κ2) is 10.5. The van der Waals surface area contributed by atoms with Crippen LogP contribution in [0.4, 0.5) is 0 Å². The van der Waals surface area contributed by atoms with Crippen molar-refractivity contribution in [1.29, 1.82) is 0 Å². The molecule has 24 heavy (non-hydrogen) atoms. The molecule has 1 atom stereocenters. The minimum absolute atomic E-state index is 0.0421. The number of hydrogen-bond donors (Lipinski definition) is 2. The van der Waals surface area contributed by atoms with Crippen LogP contribution in [0, 0.1) is 11.3 Å². The third kappa shape index (κ3) is 5.09. The second-order valence-electron chi connectivity index (χ2n) is 7.13. The summed E-state index contributed by atoms with van der Waals surface area (Å²) >= 11 is 0. The van der Waals surface area contributed by atoms with Crippen molar-refractivity contribution < 1.29 is 19.8 Å². The quantitative estimate of drug-likeness (QED) is 0.368. The molecule has 0 aromatic rings. The SMILES string of the molecule is CCCCCCC=C(C(=O)O)C(CCCC)(C(=O)O)C1CCCC1. The molecule has 1 aliphatic carbocycles. The van der Waals surface area contributed by atoms with Crippen molar-refractivity contribution in [2.24, 2.45) is 11.3 Å². The molecule has 0 radical (unpaired) electrons. The van der Waals surface area contributed by atoms with Gasteiger partial charge in [0, 0.05) is 0 Å². The number of rotatable bonds is 12. The van der Waals surface area contributed by atoms with E-state index in [4.69, 9.17) is 0 Å². The average Bonchev–Trinajstić information content (AvgIpc) is 3.07. The normalized spacial score (nSPS) is 18.5. The minimum Gasteiger partial charge on any atom is -0.481 e. The molecule has 138 valence electrons. The van der Waals surface area contributed by atoms with Gasteiger partial charge in [-0.15, -0.1) is 0 Å². The van der Waals surface area contributed by atoms with Gasteiger partial charge >= 0.3 is 11.9 Å². The van der Waals surface area contributed by atoms with Gasteiger partial charge in [0.15, 0.2) is 0 Å². The minimum atomic E-state index is -1.21. The molecule has 0 spiro atoms. The maximum atomic E-state index is 12.3. The highest BCUT2D eigenvalue weighted by atomic mass is 16.4. The lowest BCUT2D eigenvalue weighted by atomic mass is 9.65. The molecule has 0 amide bonds. The van der Waals surface area contributed by atoms with Crippen LogP contribution in [-0.2, 0) is 9.59 Å². The molecular formula is C20H34O4. The Morgan fingerprint density at radius 2 is 1.62 bits per heavy atom. The van der Waals surface area contributed by atoms with Crippen LogP contribution in [0.1, 0.15) is 90.9 Å². The Bertz CT molecular complexity index is 435. The molecule has 4 nitrogen and oxygen atoms in total. The van der Waals surface area contributed by atoms with Crippen LogP contribution < -0.4 is 0 Å². The zero-order valence-corrected chi connectivity index (χ0v) is 15.4. The van der Waals surface area contributed by atoms with Crippen LogP contribution in [0.2, 0.25) is 0 Å². The van der Waals surface area contributed by atoms with Gasteiger partial charge in [0.05, 0.1) is 5.57 Å². The maximum Gasteiger partial charge on any atom is 0.332 e. The monoisotopic (exact) mass is 338 g/mol. The molecule has 0 aromatic heterocycles. The Hall–Kier alpha value is -1.32. The van der Waals surface area contributed by atoms with Gasteiger partial charge in [0.25, 0.3) is 0 Å². The van der Waals surface area contributed by atoms with E-state index in [-0.39, 0.29) is 11.5 Å². The molecule has 0 bridgehead atoms. The molecule has 0 saturated heterocycles. The molecule has 1 unspecified atom stereocenters. The largest absolute Gasteiger partial charge is 0.481 e. The zero-order valence-electron chi connectivity index (χ0n) is 15.4. The van der Waals surface area contributed by atoms with Crippen LogP contribution in [-0.4, -0.2) is 22.2 Å². The van der Waals surface area contributed by atoms with Gasteiger partial charge in [-0.2, -0.15) is 0 Å². The van der Waals surface area contributed by atoms with Crippen LogP contribution in [0.3, 0.4) is 0 Å². The summed E-state index contributed by atoms with van der Waals surface area (Å²) in [6, 6.07) is 0. The van der Waals surface area contributed by atoms with Crippen molar-refractivity contribution in [2.75, 3.05) is 0 Å². The number of hydrogen-bond acceptors (Lipinski definition) is 2. The van der Waals surface area contributed by atoms with E-state index in [0.717, 1.165) is 64.2 Å². The highest BCUT2D eigenvalue weighted by molar-refractivity contribution is 5.96. The highest BCUT2D eigenvalue weighted by Gasteiger charge is 2.51. The first kappa shape index (κ1) is 20.7. The fourth-order valence-electron chi connectivity index (χ4n) is 4.11. The molecular weight excluding hydrogens is 304 g/mol. The fraction of sp³-hybridized carbons (Fsp3) is 0.800. The van der Waals surface area contributed by atoms with Gasteiger partial charge in [0.2, 0.25) is 0 Å². The summed E-state index contributed by atoms with van der Waals surface area (Å²) in [7, 11) is 0. The summed E-state index contributed by atoms with van der Waals surface area (Å²) in [4.78, 5) is 24.2. The molecule has 1 fully saturated rings. The van der Waals surface area contributed by atoms with Gasteiger partial charge in [0.1, 0.15) is 5.41 Å². The number of carboxylic acid groups (broad SMARTS) is 2. The first-order valence-electron chi connectivity index (χ1n) is 9.68. The molecule has 2 N–H and O–H groups in total. The summed E-state index contributed by atoms with van der Waals surface area (Å²) in [6.45, 7) is 4.16. The van der Waals surface area contributed by atoms with Crippen molar-refractivity contribution in [1.82, 2.24) is 0 Å². The van der Waals surface area contributed by atoms with E-state index >= 15 is 0 Å². The predicted octanol–water partition coefficient (Wildman–Crippen LogP) is 5.42. The van der Waals surface area contributed by atoms with Gasteiger partial charge in [-0.25, -0.2) is 4.79 Å². The van der Waals surface area contributed by atoms with Crippen LogP contribution in [0.15, 0.2) is 11.6 Å². The van der Waals surface area contributed by atoms with Crippen molar-refractivity contribution in [3.63, 3.8) is 0 Å². The Kier molecular flexibility index (Phi) is 9.09. The van der Waals surface area contributed by atoms with Crippen molar-refractivity contribution in [3.8, 4) is 0 Å².